The van der Waals surface area contributed by atoms with Crippen LogP contribution in [-0.4, -0.2) is 46.4 Å². The lowest BCUT2D eigenvalue weighted by molar-refractivity contribution is -0.147. The number of hydrogen-bond acceptors (Lipinski definition) is 5. The maximum Gasteiger partial charge on any atom is 0.251 e. The molecule has 2 amide bonds. The molecule has 2 atom stereocenters. The van der Waals surface area contributed by atoms with E-state index < -0.39 is 12.1 Å². The van der Waals surface area contributed by atoms with Gasteiger partial charge in [-0.2, -0.15) is 0 Å². The fourth-order valence-corrected chi connectivity index (χ4v) is 3.39. The Morgan fingerprint density at radius 1 is 1.44 bits per heavy atom. The van der Waals surface area contributed by atoms with Crippen molar-refractivity contribution >= 4 is 23.6 Å². The van der Waals surface area contributed by atoms with Crippen molar-refractivity contribution in [3.63, 3.8) is 0 Å². The summed E-state index contributed by atoms with van der Waals surface area (Å²) in [5.74, 6) is 0.253. The summed E-state index contributed by atoms with van der Waals surface area (Å²) in [4.78, 5) is 28.4. The van der Waals surface area contributed by atoms with E-state index in [-0.39, 0.29) is 18.4 Å². The summed E-state index contributed by atoms with van der Waals surface area (Å²) in [7, 11) is 1.93. The van der Waals surface area contributed by atoms with Crippen LogP contribution < -0.4 is 10.6 Å². The van der Waals surface area contributed by atoms with Gasteiger partial charge >= 0.3 is 0 Å². The highest BCUT2D eigenvalue weighted by molar-refractivity contribution is 7.99. The first kappa shape index (κ1) is 17.5. The quantitative estimate of drug-likeness (QED) is 0.590. The molecular weight excluding hydrogens is 340 g/mol. The zero-order valence-corrected chi connectivity index (χ0v) is 14.7. The number of thioether (sulfide) groups is 1. The van der Waals surface area contributed by atoms with Crippen molar-refractivity contribution in [3.05, 3.63) is 48.3 Å². The largest absolute Gasteiger partial charge is 0.356 e. The predicted molar refractivity (Wildman–Crippen MR) is 94.0 cm³/mol. The van der Waals surface area contributed by atoms with Crippen molar-refractivity contribution in [2.45, 2.75) is 17.3 Å². The number of aryl methyl sites for hydroxylation is 1. The van der Waals surface area contributed by atoms with E-state index in [0.29, 0.717) is 12.3 Å². The molecule has 0 radical (unpaired) electrons. The van der Waals surface area contributed by atoms with Crippen LogP contribution in [0.5, 0.6) is 0 Å². The Bertz CT molecular complexity index is 735. The van der Waals surface area contributed by atoms with Crippen LogP contribution in [0.4, 0.5) is 0 Å². The number of carbonyl (C=O) groups is 2. The molecular formula is C17H20N4O3S. The minimum absolute atomic E-state index is 0.108. The number of carbonyl (C=O) groups excluding carboxylic acids is 2. The number of nitrogens with zero attached hydrogens (tertiary/aromatic N) is 2. The van der Waals surface area contributed by atoms with Gasteiger partial charge in [0.15, 0.2) is 11.3 Å². The van der Waals surface area contributed by atoms with E-state index >= 15 is 0 Å². The molecule has 2 heterocycles. The lowest BCUT2D eigenvalue weighted by atomic mass is 9.99. The first-order valence-corrected chi connectivity index (χ1v) is 8.97. The molecule has 2 aromatic rings. The van der Waals surface area contributed by atoms with E-state index in [4.69, 9.17) is 4.74 Å². The van der Waals surface area contributed by atoms with Crippen molar-refractivity contribution in [2.24, 2.45) is 7.05 Å². The highest BCUT2D eigenvalue weighted by Gasteiger charge is 2.35. The molecule has 0 bridgehead atoms. The fourth-order valence-electron chi connectivity index (χ4n) is 2.61. The van der Waals surface area contributed by atoms with Gasteiger partial charge in [0.2, 0.25) is 5.91 Å². The molecule has 1 aliphatic rings. The van der Waals surface area contributed by atoms with Crippen molar-refractivity contribution in [2.75, 3.05) is 18.9 Å². The molecule has 3 rings (SSSR count). The van der Waals surface area contributed by atoms with Crippen LogP contribution in [0.15, 0.2) is 47.9 Å². The second kappa shape index (κ2) is 8.17. The molecule has 0 aliphatic carbocycles. The van der Waals surface area contributed by atoms with Gasteiger partial charge in [0.05, 0.1) is 6.04 Å². The fraction of sp³-hybridized carbons (Fsp3) is 0.353. The van der Waals surface area contributed by atoms with E-state index in [9.17, 15) is 9.59 Å². The maximum atomic E-state index is 12.5. The van der Waals surface area contributed by atoms with E-state index in [0.717, 1.165) is 10.7 Å². The number of rotatable bonds is 6. The predicted octanol–water partition coefficient (Wildman–Crippen LogP) is 0.885. The first-order valence-electron chi connectivity index (χ1n) is 7.99. The third-order valence-corrected chi connectivity index (χ3v) is 4.90. The summed E-state index contributed by atoms with van der Waals surface area (Å²) in [5.41, 5.74) is 0.845. The average Bonchev–Trinajstić information content (AvgIpc) is 3.04. The Hall–Kier alpha value is -2.32. The average molecular weight is 360 g/mol. The molecule has 2 N–H and O–H groups in total. The van der Waals surface area contributed by atoms with Crippen LogP contribution in [-0.2, 0) is 21.4 Å². The van der Waals surface area contributed by atoms with E-state index in [1.165, 1.54) is 0 Å². The Kier molecular flexibility index (Phi) is 5.72. The van der Waals surface area contributed by atoms with Gasteiger partial charge in [0.25, 0.3) is 5.91 Å². The Morgan fingerprint density at radius 3 is 2.96 bits per heavy atom. The molecule has 1 saturated heterocycles. The number of aromatic nitrogens is 2. The topological polar surface area (TPSA) is 85.2 Å². The summed E-state index contributed by atoms with van der Waals surface area (Å²) in [5, 5.41) is 6.62. The van der Waals surface area contributed by atoms with Gasteiger partial charge in [-0.3, -0.25) is 9.59 Å². The van der Waals surface area contributed by atoms with Crippen LogP contribution in [0.1, 0.15) is 11.6 Å². The number of amides is 2. The molecule has 1 aliphatic heterocycles. The monoisotopic (exact) mass is 360 g/mol. The van der Waals surface area contributed by atoms with E-state index in [1.54, 1.807) is 18.0 Å². The molecule has 8 heteroatoms. The molecule has 0 unspecified atom stereocenters. The lowest BCUT2D eigenvalue weighted by Crippen LogP contribution is -2.52. The first-order chi connectivity index (χ1) is 12.1. The van der Waals surface area contributed by atoms with Gasteiger partial charge in [-0.15, -0.1) is 0 Å². The number of imidazole rings is 1. The van der Waals surface area contributed by atoms with Crippen LogP contribution in [0.2, 0.25) is 0 Å². The summed E-state index contributed by atoms with van der Waals surface area (Å²) >= 11 is 1.57. The molecule has 7 nitrogen and oxygen atoms in total. The number of benzene rings is 1. The molecule has 1 aromatic heterocycles. The van der Waals surface area contributed by atoms with Crippen molar-refractivity contribution in [3.8, 4) is 0 Å². The highest BCUT2D eigenvalue weighted by Crippen LogP contribution is 2.22. The summed E-state index contributed by atoms with van der Waals surface area (Å²) in [6.07, 6.45) is 2.88. The maximum absolute atomic E-state index is 12.5. The molecule has 0 spiro atoms. The second-order valence-electron chi connectivity index (χ2n) is 5.65. The van der Waals surface area contributed by atoms with E-state index in [1.807, 2.05) is 48.1 Å². The van der Waals surface area contributed by atoms with Crippen LogP contribution in [0.3, 0.4) is 0 Å². The Labute approximate surface area is 150 Å². The zero-order chi connectivity index (χ0) is 17.6. The number of morpholine rings is 1. The third kappa shape index (κ3) is 4.40. The van der Waals surface area contributed by atoms with Gasteiger partial charge in [0, 0.05) is 31.7 Å². The lowest BCUT2D eigenvalue weighted by Gasteiger charge is -2.31. The molecule has 25 heavy (non-hydrogen) atoms. The van der Waals surface area contributed by atoms with Gasteiger partial charge in [0.1, 0.15) is 6.61 Å². The smallest absolute Gasteiger partial charge is 0.251 e. The van der Waals surface area contributed by atoms with E-state index in [2.05, 4.69) is 15.6 Å². The normalized spacial score (nSPS) is 20.1. The number of hydrogen-bond donors (Lipinski definition) is 2. The molecule has 1 fully saturated rings. The minimum atomic E-state index is -0.738. The number of ether oxygens (including phenoxy) is 1. The third-order valence-electron chi connectivity index (χ3n) is 3.84. The second-order valence-corrected chi connectivity index (χ2v) is 6.71. The van der Waals surface area contributed by atoms with Gasteiger partial charge < -0.3 is 19.9 Å². The van der Waals surface area contributed by atoms with Gasteiger partial charge in [-0.05, 0) is 5.56 Å². The Morgan fingerprint density at radius 2 is 2.24 bits per heavy atom. The number of nitrogens with one attached hydrogen (secondary N) is 2. The molecule has 1 aromatic carbocycles. The summed E-state index contributed by atoms with van der Waals surface area (Å²) < 4.78 is 7.42. The summed E-state index contributed by atoms with van der Waals surface area (Å²) in [6, 6.07) is 8.89. The van der Waals surface area contributed by atoms with Crippen LogP contribution >= 0.6 is 11.8 Å². The molecule has 132 valence electrons. The Balaban J connectivity index is 1.55. The van der Waals surface area contributed by atoms with Crippen LogP contribution in [0.25, 0.3) is 0 Å². The standard InChI is InChI=1S/C17H20N4O3S/c1-21-9-7-19-17(21)25-10-8-18-16(23)15-14(20-13(22)11-24-15)12-5-3-2-4-6-12/h2-7,9,14-15H,8,10-11H2,1H3,(H,18,23)(H,20,22)/t14-,15+/m1/s1. The highest BCUT2D eigenvalue weighted by atomic mass is 32.2. The van der Waals surface area contributed by atoms with Gasteiger partial charge in [-0.25, -0.2) is 4.98 Å². The van der Waals surface area contributed by atoms with Gasteiger partial charge in [-0.1, -0.05) is 42.1 Å². The zero-order valence-electron chi connectivity index (χ0n) is 13.8. The van der Waals surface area contributed by atoms with Crippen molar-refractivity contribution in [1.29, 1.82) is 0 Å². The van der Waals surface area contributed by atoms with Crippen molar-refractivity contribution in [1.82, 2.24) is 20.2 Å². The summed E-state index contributed by atoms with van der Waals surface area (Å²) in [6.45, 7) is 0.384. The van der Waals surface area contributed by atoms with Crippen LogP contribution in [0, 0.1) is 0 Å². The minimum Gasteiger partial charge on any atom is -0.356 e. The van der Waals surface area contributed by atoms with Crippen molar-refractivity contribution < 1.29 is 14.3 Å². The molecule has 0 saturated carbocycles. The SMILES string of the molecule is Cn1ccnc1SCCNC(=O)[C@H]1OCC(=O)N[C@@H]1c1ccccc1.